The third-order valence-electron chi connectivity index (χ3n) is 4.00. The lowest BCUT2D eigenvalue weighted by atomic mass is 9.97. The molecular weight excluding hydrogens is 335 g/mol. The van der Waals surface area contributed by atoms with Crippen molar-refractivity contribution in [3.63, 3.8) is 0 Å². The predicted octanol–water partition coefficient (Wildman–Crippen LogP) is 3.31. The van der Waals surface area contributed by atoms with Gasteiger partial charge in [-0.25, -0.2) is 0 Å². The maximum Gasteiger partial charge on any atom is 0.224 e. The zero-order valence-corrected chi connectivity index (χ0v) is 14.6. The SMILES string of the molecule is O=C1CCc2cc(C(=O)CCCN(CCCl)CCCl)ccc2N1. The molecule has 0 bridgehead atoms. The van der Waals surface area contributed by atoms with E-state index < -0.39 is 0 Å². The first-order valence-electron chi connectivity index (χ1n) is 7.94. The van der Waals surface area contributed by atoms with Gasteiger partial charge >= 0.3 is 0 Å². The molecule has 2 rings (SSSR count). The monoisotopic (exact) mass is 356 g/mol. The summed E-state index contributed by atoms with van der Waals surface area (Å²) >= 11 is 11.5. The Balaban J connectivity index is 1.87. The van der Waals surface area contributed by atoms with E-state index in [2.05, 4.69) is 10.2 Å². The van der Waals surface area contributed by atoms with Crippen molar-refractivity contribution in [3.8, 4) is 0 Å². The number of hydrogen-bond acceptors (Lipinski definition) is 3. The number of Topliss-reactive ketones (excluding diaryl/α,β-unsaturated/α-hetero) is 1. The van der Waals surface area contributed by atoms with Crippen molar-refractivity contribution < 1.29 is 9.59 Å². The van der Waals surface area contributed by atoms with E-state index in [1.54, 1.807) is 6.07 Å². The van der Waals surface area contributed by atoms with Gasteiger partial charge in [0.1, 0.15) is 0 Å². The van der Waals surface area contributed by atoms with E-state index in [4.69, 9.17) is 23.2 Å². The number of halogens is 2. The maximum absolute atomic E-state index is 12.3. The van der Waals surface area contributed by atoms with Crippen molar-refractivity contribution in [1.82, 2.24) is 4.90 Å². The molecule has 6 heteroatoms. The number of aryl methyl sites for hydroxylation is 1. The molecule has 0 radical (unpaired) electrons. The summed E-state index contributed by atoms with van der Waals surface area (Å²) in [6, 6.07) is 5.53. The summed E-state index contributed by atoms with van der Waals surface area (Å²) in [4.78, 5) is 25.9. The van der Waals surface area contributed by atoms with Crippen molar-refractivity contribution in [2.45, 2.75) is 25.7 Å². The molecule has 1 N–H and O–H groups in total. The standard InChI is InChI=1S/C17H22Cl2N2O2/c18-7-10-21(11-8-19)9-1-2-16(22)14-3-5-15-13(12-14)4-6-17(23)20-15/h3,5,12H,1-2,4,6-11H2,(H,20,23). The van der Waals surface area contributed by atoms with Crippen molar-refractivity contribution in [1.29, 1.82) is 0 Å². The van der Waals surface area contributed by atoms with Crippen molar-refractivity contribution in [2.75, 3.05) is 36.7 Å². The fraction of sp³-hybridized carbons (Fsp3) is 0.529. The minimum atomic E-state index is 0.0373. The third kappa shape index (κ3) is 5.48. The Bertz CT molecular complexity index is 558. The van der Waals surface area contributed by atoms with E-state index in [0.717, 1.165) is 42.9 Å². The van der Waals surface area contributed by atoms with Gasteiger partial charge < -0.3 is 10.2 Å². The van der Waals surface area contributed by atoms with Crippen LogP contribution in [0, 0.1) is 0 Å². The number of fused-ring (bicyclic) bond motifs is 1. The van der Waals surface area contributed by atoms with Gasteiger partial charge in [0.25, 0.3) is 0 Å². The second-order valence-corrected chi connectivity index (χ2v) is 6.42. The highest BCUT2D eigenvalue weighted by Crippen LogP contribution is 2.24. The van der Waals surface area contributed by atoms with Gasteiger partial charge in [0.05, 0.1) is 0 Å². The molecule has 0 aliphatic carbocycles. The summed E-state index contributed by atoms with van der Waals surface area (Å²) in [6.07, 6.45) is 2.48. The first-order chi connectivity index (χ1) is 11.1. The fourth-order valence-corrected chi connectivity index (χ4v) is 3.22. The van der Waals surface area contributed by atoms with Crippen LogP contribution in [0.5, 0.6) is 0 Å². The minimum Gasteiger partial charge on any atom is -0.326 e. The van der Waals surface area contributed by atoms with Crippen LogP contribution in [0.15, 0.2) is 18.2 Å². The molecule has 4 nitrogen and oxygen atoms in total. The Morgan fingerprint density at radius 2 is 1.87 bits per heavy atom. The van der Waals surface area contributed by atoms with Crippen molar-refractivity contribution in [3.05, 3.63) is 29.3 Å². The van der Waals surface area contributed by atoms with E-state index in [1.165, 1.54) is 0 Å². The lowest BCUT2D eigenvalue weighted by molar-refractivity contribution is -0.116. The molecule has 0 fully saturated rings. The Morgan fingerprint density at radius 1 is 1.13 bits per heavy atom. The molecule has 0 unspecified atom stereocenters. The number of carbonyl (C=O) groups excluding carboxylic acids is 2. The summed E-state index contributed by atoms with van der Waals surface area (Å²) in [7, 11) is 0. The second-order valence-electron chi connectivity index (χ2n) is 5.67. The number of rotatable bonds is 9. The van der Waals surface area contributed by atoms with Crippen LogP contribution in [-0.2, 0) is 11.2 Å². The molecule has 1 aromatic carbocycles. The molecule has 1 aliphatic rings. The highest BCUT2D eigenvalue weighted by atomic mass is 35.5. The number of nitrogens with zero attached hydrogens (tertiary/aromatic N) is 1. The summed E-state index contributed by atoms with van der Waals surface area (Å²) in [6.45, 7) is 2.41. The Morgan fingerprint density at radius 3 is 2.57 bits per heavy atom. The second kappa shape index (κ2) is 9.26. The number of ketones is 1. The molecule has 1 aromatic rings. The molecule has 0 spiro atoms. The lowest BCUT2D eigenvalue weighted by Gasteiger charge is -2.20. The van der Waals surface area contributed by atoms with Crippen LogP contribution < -0.4 is 5.32 Å². The number of nitrogens with one attached hydrogen (secondary N) is 1. The summed E-state index contributed by atoms with van der Waals surface area (Å²) in [5.41, 5.74) is 2.59. The smallest absolute Gasteiger partial charge is 0.224 e. The van der Waals surface area contributed by atoms with Crippen LogP contribution >= 0.6 is 23.2 Å². The normalized spacial score (nSPS) is 13.8. The maximum atomic E-state index is 12.3. The third-order valence-corrected chi connectivity index (χ3v) is 4.34. The molecule has 0 atom stereocenters. The number of alkyl halides is 2. The first-order valence-corrected chi connectivity index (χ1v) is 9.01. The predicted molar refractivity (Wildman–Crippen MR) is 94.8 cm³/mol. The first kappa shape index (κ1) is 18.2. The molecule has 23 heavy (non-hydrogen) atoms. The topological polar surface area (TPSA) is 49.4 Å². The Kier molecular flexibility index (Phi) is 7.34. The number of benzene rings is 1. The van der Waals surface area contributed by atoms with Crippen LogP contribution in [0.1, 0.15) is 35.2 Å². The van der Waals surface area contributed by atoms with Gasteiger partial charge in [-0.05, 0) is 43.1 Å². The number of anilines is 1. The summed E-state index contributed by atoms with van der Waals surface area (Å²) < 4.78 is 0. The van der Waals surface area contributed by atoms with Gasteiger partial charge in [-0.1, -0.05) is 0 Å². The lowest BCUT2D eigenvalue weighted by Crippen LogP contribution is -2.29. The van der Waals surface area contributed by atoms with Gasteiger partial charge in [-0.2, -0.15) is 0 Å². The van der Waals surface area contributed by atoms with Crippen LogP contribution in [0.3, 0.4) is 0 Å². The van der Waals surface area contributed by atoms with Gasteiger partial charge in [-0.15, -0.1) is 23.2 Å². The fourth-order valence-electron chi connectivity index (χ4n) is 2.74. The van der Waals surface area contributed by atoms with E-state index in [0.29, 0.717) is 31.0 Å². The highest BCUT2D eigenvalue weighted by Gasteiger charge is 2.16. The van der Waals surface area contributed by atoms with Gasteiger partial charge in [0.2, 0.25) is 5.91 Å². The van der Waals surface area contributed by atoms with Crippen LogP contribution in [0.4, 0.5) is 5.69 Å². The summed E-state index contributed by atoms with van der Waals surface area (Å²) in [5.74, 6) is 1.32. The van der Waals surface area contributed by atoms with Crippen molar-refractivity contribution >= 4 is 40.6 Å². The molecule has 0 saturated heterocycles. The van der Waals surface area contributed by atoms with Gasteiger partial charge in [0, 0.05) is 48.9 Å². The van der Waals surface area contributed by atoms with Crippen LogP contribution in [-0.4, -0.2) is 48.0 Å². The molecule has 0 aromatic heterocycles. The summed E-state index contributed by atoms with van der Waals surface area (Å²) in [5, 5.41) is 2.83. The number of amides is 1. The average Bonchev–Trinajstić information content (AvgIpc) is 2.54. The molecular formula is C17H22Cl2N2O2. The van der Waals surface area contributed by atoms with E-state index >= 15 is 0 Å². The number of carbonyl (C=O) groups is 2. The molecule has 1 amide bonds. The quantitative estimate of drug-likeness (QED) is 0.545. The van der Waals surface area contributed by atoms with Crippen molar-refractivity contribution in [2.24, 2.45) is 0 Å². The van der Waals surface area contributed by atoms with Crippen LogP contribution in [0.2, 0.25) is 0 Å². The molecule has 1 heterocycles. The van der Waals surface area contributed by atoms with E-state index in [1.807, 2.05) is 12.1 Å². The minimum absolute atomic E-state index is 0.0373. The van der Waals surface area contributed by atoms with E-state index in [9.17, 15) is 9.59 Å². The van der Waals surface area contributed by atoms with E-state index in [-0.39, 0.29) is 11.7 Å². The van der Waals surface area contributed by atoms with Gasteiger partial charge in [-0.3, -0.25) is 9.59 Å². The zero-order chi connectivity index (χ0) is 16.7. The van der Waals surface area contributed by atoms with Crippen LogP contribution in [0.25, 0.3) is 0 Å². The van der Waals surface area contributed by atoms with Gasteiger partial charge in [0.15, 0.2) is 5.78 Å². The molecule has 126 valence electrons. The zero-order valence-electron chi connectivity index (χ0n) is 13.1. The largest absolute Gasteiger partial charge is 0.326 e. The number of hydrogen-bond donors (Lipinski definition) is 1. The average molecular weight is 357 g/mol. The Hall–Kier alpha value is -1.10. The molecule has 0 saturated carbocycles. The Labute approximate surface area is 147 Å². The highest BCUT2D eigenvalue weighted by molar-refractivity contribution is 6.18. The molecule has 1 aliphatic heterocycles.